The minimum atomic E-state index is -0.522. The lowest BCUT2D eigenvalue weighted by Gasteiger charge is -2.37. The van der Waals surface area contributed by atoms with Gasteiger partial charge >= 0.3 is 6.09 Å². The number of piperidine rings is 1. The molecule has 2 aromatic heterocycles. The molecule has 0 bridgehead atoms. The van der Waals surface area contributed by atoms with E-state index in [4.69, 9.17) is 9.26 Å². The molecule has 2 atom stereocenters. The molecule has 2 fully saturated rings. The molecule has 1 aromatic carbocycles. The fraction of sp³-hybridized carbons (Fsp3) is 0.583. The third kappa shape index (κ3) is 9.58. The van der Waals surface area contributed by atoms with Crippen LogP contribution < -0.4 is 10.2 Å². The van der Waals surface area contributed by atoms with E-state index in [0.717, 1.165) is 41.0 Å². The molecule has 2 saturated heterocycles. The van der Waals surface area contributed by atoms with E-state index in [0.29, 0.717) is 37.6 Å². The summed E-state index contributed by atoms with van der Waals surface area (Å²) in [6, 6.07) is 9.43. The lowest BCUT2D eigenvalue weighted by molar-refractivity contribution is -0.138. The number of hydrogen-bond donors (Lipinski definition) is 1. The van der Waals surface area contributed by atoms with Crippen LogP contribution in [-0.2, 0) is 20.7 Å². The SMILES string of the molecule is CCC.Cc1ncsc1-c1ccc(C(C)NC(=O)C2CCCN2C(=O)Cc2cc(N(C)C3CCN(C(=O)OC(C)(C)C)CC3)no2)cc1. The fourth-order valence-corrected chi connectivity index (χ4v) is 6.80. The number of aromatic nitrogens is 2. The van der Waals surface area contributed by atoms with E-state index in [9.17, 15) is 14.4 Å². The molecule has 2 aliphatic rings. The molecular weight excluding hydrogens is 629 g/mol. The average molecular weight is 681 g/mol. The van der Waals surface area contributed by atoms with Crippen LogP contribution in [0.2, 0.25) is 0 Å². The van der Waals surface area contributed by atoms with Crippen molar-refractivity contribution in [3.8, 4) is 10.4 Å². The summed E-state index contributed by atoms with van der Waals surface area (Å²) in [5.74, 6) is 0.811. The number of aryl methyl sites for hydroxylation is 1. The van der Waals surface area contributed by atoms with Crippen molar-refractivity contribution >= 4 is 35.1 Å². The lowest BCUT2D eigenvalue weighted by Crippen LogP contribution is -2.47. The Morgan fingerprint density at radius 1 is 1.10 bits per heavy atom. The molecule has 2 aliphatic heterocycles. The van der Waals surface area contributed by atoms with Gasteiger partial charge in [0.25, 0.3) is 0 Å². The minimum absolute atomic E-state index is 0.0374. The number of amides is 3. The van der Waals surface area contributed by atoms with Crippen molar-refractivity contribution in [2.24, 2.45) is 0 Å². The highest BCUT2D eigenvalue weighted by Crippen LogP contribution is 2.29. The van der Waals surface area contributed by atoms with Gasteiger partial charge in [0.2, 0.25) is 11.8 Å². The van der Waals surface area contributed by atoms with Crippen LogP contribution in [0.5, 0.6) is 0 Å². The van der Waals surface area contributed by atoms with Crippen molar-refractivity contribution < 1.29 is 23.6 Å². The summed E-state index contributed by atoms with van der Waals surface area (Å²) in [6.45, 7) is 15.5. The van der Waals surface area contributed by atoms with Gasteiger partial charge in [-0.1, -0.05) is 49.7 Å². The number of rotatable bonds is 8. The number of benzene rings is 1. The number of nitrogens with one attached hydrogen (secondary N) is 1. The van der Waals surface area contributed by atoms with E-state index in [1.54, 1.807) is 27.2 Å². The van der Waals surface area contributed by atoms with Gasteiger partial charge in [0.1, 0.15) is 17.4 Å². The maximum Gasteiger partial charge on any atom is 0.410 e. The van der Waals surface area contributed by atoms with Crippen LogP contribution >= 0.6 is 11.3 Å². The molecule has 5 rings (SSSR count). The quantitative estimate of drug-likeness (QED) is 0.277. The summed E-state index contributed by atoms with van der Waals surface area (Å²) in [6.07, 6.45) is 3.94. The summed E-state index contributed by atoms with van der Waals surface area (Å²) in [5, 5.41) is 7.33. The standard InChI is InChI=1S/C33H44N6O5S.C3H8/c1-21(23-9-11-24(12-10-23)30-22(2)34-20-45-30)35-31(41)27-8-7-15-39(27)29(40)19-26-18-28(36-44-26)37(6)25-13-16-38(17-14-25)32(42)43-33(3,4)5;1-3-2/h9-12,18,20-21,25,27H,7-8,13-17,19H2,1-6H3,(H,35,41);3H2,1-2H3. The smallest absolute Gasteiger partial charge is 0.410 e. The van der Waals surface area contributed by atoms with Crippen LogP contribution in [0.3, 0.4) is 0 Å². The molecule has 0 spiro atoms. The van der Waals surface area contributed by atoms with Gasteiger partial charge in [-0.3, -0.25) is 9.59 Å². The Bertz CT molecular complexity index is 1510. The molecule has 12 heteroatoms. The first-order chi connectivity index (χ1) is 22.8. The molecule has 262 valence electrons. The van der Waals surface area contributed by atoms with Crippen LogP contribution in [0.4, 0.5) is 10.6 Å². The largest absolute Gasteiger partial charge is 0.444 e. The molecule has 2 unspecified atom stereocenters. The number of ether oxygens (including phenoxy) is 1. The van der Waals surface area contributed by atoms with Gasteiger partial charge in [-0.15, -0.1) is 11.3 Å². The molecule has 11 nitrogen and oxygen atoms in total. The Balaban J connectivity index is 0.00000167. The van der Waals surface area contributed by atoms with E-state index < -0.39 is 11.6 Å². The van der Waals surface area contributed by atoms with Gasteiger partial charge in [0.05, 0.1) is 28.5 Å². The van der Waals surface area contributed by atoms with E-state index in [1.807, 2.05) is 64.2 Å². The van der Waals surface area contributed by atoms with Gasteiger partial charge < -0.3 is 29.3 Å². The maximum absolute atomic E-state index is 13.3. The summed E-state index contributed by atoms with van der Waals surface area (Å²) in [4.78, 5) is 50.0. The lowest BCUT2D eigenvalue weighted by atomic mass is 10.0. The number of carbonyl (C=O) groups is 3. The first kappa shape index (κ1) is 36.9. The molecule has 3 aromatic rings. The van der Waals surface area contributed by atoms with Crippen LogP contribution in [0.25, 0.3) is 10.4 Å². The van der Waals surface area contributed by atoms with Gasteiger partial charge in [0.15, 0.2) is 5.82 Å². The molecule has 48 heavy (non-hydrogen) atoms. The zero-order chi connectivity index (χ0) is 35.0. The first-order valence-corrected chi connectivity index (χ1v) is 18.0. The first-order valence-electron chi connectivity index (χ1n) is 17.1. The Labute approximate surface area is 289 Å². The van der Waals surface area contributed by atoms with Crippen molar-refractivity contribution in [3.63, 3.8) is 0 Å². The molecule has 1 N–H and O–H groups in total. The fourth-order valence-electron chi connectivity index (χ4n) is 5.98. The monoisotopic (exact) mass is 680 g/mol. The predicted octanol–water partition coefficient (Wildman–Crippen LogP) is 6.77. The number of nitrogens with zero attached hydrogens (tertiary/aromatic N) is 5. The van der Waals surface area contributed by atoms with E-state index in [-0.39, 0.29) is 36.4 Å². The molecule has 0 saturated carbocycles. The molecule has 0 radical (unpaired) electrons. The Kier molecular flexibility index (Phi) is 12.6. The normalized spacial score (nSPS) is 17.4. The number of anilines is 1. The minimum Gasteiger partial charge on any atom is -0.444 e. The van der Waals surface area contributed by atoms with Crippen LogP contribution in [-0.4, -0.2) is 82.2 Å². The highest BCUT2D eigenvalue weighted by molar-refractivity contribution is 7.13. The third-order valence-corrected chi connectivity index (χ3v) is 9.53. The van der Waals surface area contributed by atoms with Crippen LogP contribution in [0, 0.1) is 6.92 Å². The average Bonchev–Trinajstić information content (AvgIpc) is 3.82. The second-order valence-corrected chi connectivity index (χ2v) is 14.6. The highest BCUT2D eigenvalue weighted by atomic mass is 32.1. The van der Waals surface area contributed by atoms with Crippen molar-refractivity contribution in [3.05, 3.63) is 52.9 Å². The number of carbonyl (C=O) groups excluding carboxylic acids is 3. The third-order valence-electron chi connectivity index (χ3n) is 8.55. The second kappa shape index (κ2) is 16.5. The summed E-state index contributed by atoms with van der Waals surface area (Å²) in [7, 11) is 1.95. The molecule has 0 aliphatic carbocycles. The Hall–Kier alpha value is -3.93. The van der Waals surface area contributed by atoms with E-state index in [2.05, 4.69) is 41.4 Å². The van der Waals surface area contributed by atoms with E-state index in [1.165, 1.54) is 6.42 Å². The number of likely N-dealkylation sites (tertiary alicyclic amines) is 2. The topological polar surface area (TPSA) is 121 Å². The van der Waals surface area contributed by atoms with Gasteiger partial charge in [-0.2, -0.15) is 0 Å². The van der Waals surface area contributed by atoms with Crippen LogP contribution in [0.15, 0.2) is 40.4 Å². The van der Waals surface area contributed by atoms with Gasteiger partial charge in [0, 0.05) is 38.8 Å². The van der Waals surface area contributed by atoms with E-state index >= 15 is 0 Å². The zero-order valence-corrected chi connectivity index (χ0v) is 30.6. The summed E-state index contributed by atoms with van der Waals surface area (Å²) in [5.41, 5.74) is 4.43. The summed E-state index contributed by atoms with van der Waals surface area (Å²) >= 11 is 1.61. The van der Waals surface area contributed by atoms with Crippen molar-refractivity contribution in [2.45, 2.75) is 111 Å². The zero-order valence-electron chi connectivity index (χ0n) is 29.7. The Morgan fingerprint density at radius 2 is 1.77 bits per heavy atom. The van der Waals surface area contributed by atoms with Gasteiger partial charge in [-0.25, -0.2) is 9.78 Å². The number of hydrogen-bond acceptors (Lipinski definition) is 9. The Morgan fingerprint density at radius 3 is 2.38 bits per heavy atom. The van der Waals surface area contributed by atoms with Gasteiger partial charge in [-0.05, 0) is 71.4 Å². The predicted molar refractivity (Wildman–Crippen MR) is 189 cm³/mol. The molecule has 3 amide bonds. The van der Waals surface area contributed by atoms with Crippen molar-refractivity contribution in [2.75, 3.05) is 31.6 Å². The maximum atomic E-state index is 13.3. The summed E-state index contributed by atoms with van der Waals surface area (Å²) < 4.78 is 11.1. The van der Waals surface area contributed by atoms with Crippen molar-refractivity contribution in [1.82, 2.24) is 25.3 Å². The van der Waals surface area contributed by atoms with Crippen molar-refractivity contribution in [1.29, 1.82) is 0 Å². The second-order valence-electron chi connectivity index (χ2n) is 13.7. The molecule has 4 heterocycles. The molecular formula is C36H52N6O5S. The number of thiazole rings is 1. The van der Waals surface area contributed by atoms with Crippen LogP contribution in [0.1, 0.15) is 96.7 Å². The highest BCUT2D eigenvalue weighted by Gasteiger charge is 2.35.